The fourth-order valence-corrected chi connectivity index (χ4v) is 3.56. The topological polar surface area (TPSA) is 41.1 Å². The second kappa shape index (κ2) is 7.88. The largest absolute Gasteiger partial charge is 0.353 e. The number of hydrogen-bond acceptors (Lipinski definition) is 2. The summed E-state index contributed by atoms with van der Waals surface area (Å²) in [4.78, 5) is 12.0. The first kappa shape index (κ1) is 14.8. The van der Waals surface area contributed by atoms with Crippen LogP contribution < -0.4 is 10.6 Å². The predicted octanol–water partition coefficient (Wildman–Crippen LogP) is 2.85. The van der Waals surface area contributed by atoms with Gasteiger partial charge in [0.25, 0.3) is 0 Å². The van der Waals surface area contributed by atoms with Crippen molar-refractivity contribution < 1.29 is 4.79 Å². The number of hydrogen-bond donors (Lipinski definition) is 2. The van der Waals surface area contributed by atoms with Gasteiger partial charge in [-0.2, -0.15) is 0 Å². The maximum Gasteiger partial charge on any atom is 0.220 e. The highest BCUT2D eigenvalue weighted by atomic mass is 16.1. The van der Waals surface area contributed by atoms with Crippen LogP contribution >= 0.6 is 0 Å². The molecule has 1 aliphatic heterocycles. The summed E-state index contributed by atoms with van der Waals surface area (Å²) in [5, 5.41) is 6.63. The fraction of sp³-hybridized carbons (Fsp3) is 0.938. The van der Waals surface area contributed by atoms with Crippen LogP contribution in [-0.4, -0.2) is 25.0 Å². The first-order chi connectivity index (χ1) is 9.25. The number of piperidine rings is 1. The van der Waals surface area contributed by atoms with Crippen LogP contribution in [0.15, 0.2) is 0 Å². The Labute approximate surface area is 117 Å². The van der Waals surface area contributed by atoms with E-state index < -0.39 is 0 Å². The van der Waals surface area contributed by atoms with Crippen LogP contribution in [-0.2, 0) is 4.79 Å². The molecule has 0 aromatic rings. The summed E-state index contributed by atoms with van der Waals surface area (Å²) in [5.74, 6) is 1.70. The quantitative estimate of drug-likeness (QED) is 0.803. The van der Waals surface area contributed by atoms with Crippen LogP contribution in [0.3, 0.4) is 0 Å². The molecular weight excluding hydrogens is 236 g/mol. The van der Waals surface area contributed by atoms with Crippen LogP contribution in [0.2, 0.25) is 0 Å². The molecule has 1 saturated carbocycles. The number of rotatable bonds is 5. The van der Waals surface area contributed by atoms with Crippen molar-refractivity contribution in [1.82, 2.24) is 10.6 Å². The van der Waals surface area contributed by atoms with Crippen molar-refractivity contribution in [3.63, 3.8) is 0 Å². The maximum absolute atomic E-state index is 12.0. The summed E-state index contributed by atoms with van der Waals surface area (Å²) in [5.41, 5.74) is 0. The third kappa shape index (κ3) is 5.13. The highest BCUT2D eigenvalue weighted by Crippen LogP contribution is 2.27. The molecule has 2 rings (SSSR count). The smallest absolute Gasteiger partial charge is 0.220 e. The highest BCUT2D eigenvalue weighted by Gasteiger charge is 2.21. The average Bonchev–Trinajstić information content (AvgIpc) is 2.47. The van der Waals surface area contributed by atoms with Gasteiger partial charge in [0.2, 0.25) is 5.91 Å². The van der Waals surface area contributed by atoms with E-state index in [0.717, 1.165) is 31.8 Å². The van der Waals surface area contributed by atoms with Crippen LogP contribution in [0.5, 0.6) is 0 Å². The molecule has 0 radical (unpaired) electrons. The van der Waals surface area contributed by atoms with E-state index in [1.54, 1.807) is 0 Å². The predicted molar refractivity (Wildman–Crippen MR) is 79.0 cm³/mol. The van der Waals surface area contributed by atoms with E-state index in [2.05, 4.69) is 17.6 Å². The Bertz CT molecular complexity index is 268. The Morgan fingerprint density at radius 3 is 2.68 bits per heavy atom. The van der Waals surface area contributed by atoms with Gasteiger partial charge in [0.15, 0.2) is 0 Å². The van der Waals surface area contributed by atoms with Gasteiger partial charge in [-0.15, -0.1) is 0 Å². The molecular formula is C16H30N2O. The van der Waals surface area contributed by atoms with Crippen molar-refractivity contribution >= 4 is 5.91 Å². The Morgan fingerprint density at radius 2 is 2.00 bits per heavy atom. The standard InChI is InChI=1S/C16H30N2O/c1-13(15-8-5-11-17-12-15)18-16(19)10-9-14-6-3-2-4-7-14/h13-15,17H,2-12H2,1H3,(H,18,19). The minimum Gasteiger partial charge on any atom is -0.353 e. The molecule has 3 heteroatoms. The Hall–Kier alpha value is -0.570. The molecule has 2 unspecified atom stereocenters. The lowest BCUT2D eigenvalue weighted by Crippen LogP contribution is -2.44. The van der Waals surface area contributed by atoms with Crippen molar-refractivity contribution in [2.24, 2.45) is 11.8 Å². The summed E-state index contributed by atoms with van der Waals surface area (Å²) in [6.45, 7) is 4.36. The van der Waals surface area contributed by atoms with E-state index in [-0.39, 0.29) is 5.91 Å². The Balaban J connectivity index is 1.62. The van der Waals surface area contributed by atoms with Crippen LogP contribution in [0.25, 0.3) is 0 Å². The number of carbonyl (C=O) groups excluding carboxylic acids is 1. The van der Waals surface area contributed by atoms with Gasteiger partial charge >= 0.3 is 0 Å². The Kier molecular flexibility index (Phi) is 6.15. The van der Waals surface area contributed by atoms with E-state index in [1.165, 1.54) is 44.9 Å². The third-order valence-corrected chi connectivity index (χ3v) is 4.94. The molecule has 1 aliphatic carbocycles. The van der Waals surface area contributed by atoms with Crippen molar-refractivity contribution in [3.05, 3.63) is 0 Å². The molecule has 2 N–H and O–H groups in total. The van der Waals surface area contributed by atoms with Crippen molar-refractivity contribution in [2.45, 2.75) is 70.8 Å². The molecule has 110 valence electrons. The first-order valence-corrected chi connectivity index (χ1v) is 8.26. The van der Waals surface area contributed by atoms with Crippen LogP contribution in [0, 0.1) is 11.8 Å². The lowest BCUT2D eigenvalue weighted by atomic mass is 9.86. The molecule has 2 atom stereocenters. The van der Waals surface area contributed by atoms with E-state index in [1.807, 2.05) is 0 Å². The lowest BCUT2D eigenvalue weighted by Gasteiger charge is -2.29. The zero-order chi connectivity index (χ0) is 13.5. The minimum absolute atomic E-state index is 0.267. The van der Waals surface area contributed by atoms with Gasteiger partial charge in [0.05, 0.1) is 0 Å². The summed E-state index contributed by atoms with van der Waals surface area (Å²) in [6.07, 6.45) is 11.1. The van der Waals surface area contributed by atoms with Gasteiger partial charge in [0.1, 0.15) is 0 Å². The van der Waals surface area contributed by atoms with Crippen molar-refractivity contribution in [3.8, 4) is 0 Å². The van der Waals surface area contributed by atoms with Gasteiger partial charge in [-0.3, -0.25) is 4.79 Å². The molecule has 19 heavy (non-hydrogen) atoms. The molecule has 0 aromatic carbocycles. The van der Waals surface area contributed by atoms with Gasteiger partial charge < -0.3 is 10.6 Å². The maximum atomic E-state index is 12.0. The molecule has 2 fully saturated rings. The van der Waals surface area contributed by atoms with E-state index in [4.69, 9.17) is 0 Å². The molecule has 0 bridgehead atoms. The molecule has 2 aliphatic rings. The summed E-state index contributed by atoms with van der Waals surface area (Å²) < 4.78 is 0. The molecule has 1 saturated heterocycles. The highest BCUT2D eigenvalue weighted by molar-refractivity contribution is 5.76. The Morgan fingerprint density at radius 1 is 1.21 bits per heavy atom. The van der Waals surface area contributed by atoms with E-state index in [9.17, 15) is 4.79 Å². The minimum atomic E-state index is 0.267. The summed E-state index contributed by atoms with van der Waals surface area (Å²) in [6, 6.07) is 0.326. The van der Waals surface area contributed by atoms with Crippen molar-refractivity contribution in [1.29, 1.82) is 0 Å². The monoisotopic (exact) mass is 266 g/mol. The zero-order valence-electron chi connectivity index (χ0n) is 12.4. The second-order valence-electron chi connectivity index (χ2n) is 6.51. The molecule has 0 spiro atoms. The number of carbonyl (C=O) groups is 1. The van der Waals surface area contributed by atoms with Crippen LogP contribution in [0.1, 0.15) is 64.7 Å². The first-order valence-electron chi connectivity index (χ1n) is 8.26. The van der Waals surface area contributed by atoms with Gasteiger partial charge in [0, 0.05) is 12.5 Å². The van der Waals surface area contributed by atoms with Gasteiger partial charge in [-0.25, -0.2) is 0 Å². The molecule has 0 aromatic heterocycles. The summed E-state index contributed by atoms with van der Waals surface area (Å²) in [7, 11) is 0. The van der Waals surface area contributed by atoms with Gasteiger partial charge in [-0.05, 0) is 51.1 Å². The SMILES string of the molecule is CC(NC(=O)CCC1CCCCC1)C1CCCNC1. The van der Waals surface area contributed by atoms with E-state index in [0.29, 0.717) is 12.0 Å². The van der Waals surface area contributed by atoms with Gasteiger partial charge in [-0.1, -0.05) is 32.1 Å². The second-order valence-corrected chi connectivity index (χ2v) is 6.51. The zero-order valence-corrected chi connectivity index (χ0v) is 12.4. The number of amides is 1. The molecule has 3 nitrogen and oxygen atoms in total. The lowest BCUT2D eigenvalue weighted by molar-refractivity contribution is -0.122. The molecule has 1 amide bonds. The number of nitrogens with one attached hydrogen (secondary N) is 2. The van der Waals surface area contributed by atoms with Crippen molar-refractivity contribution in [2.75, 3.05) is 13.1 Å². The van der Waals surface area contributed by atoms with E-state index >= 15 is 0 Å². The normalized spacial score (nSPS) is 26.9. The van der Waals surface area contributed by atoms with Crippen LogP contribution in [0.4, 0.5) is 0 Å². The summed E-state index contributed by atoms with van der Waals surface area (Å²) >= 11 is 0. The average molecular weight is 266 g/mol. The molecule has 1 heterocycles. The fourth-order valence-electron chi connectivity index (χ4n) is 3.56. The third-order valence-electron chi connectivity index (χ3n) is 4.94.